The number of primary amides is 1. The molecule has 0 saturated heterocycles. The van der Waals surface area contributed by atoms with Crippen molar-refractivity contribution in [3.05, 3.63) is 17.7 Å². The highest BCUT2D eigenvalue weighted by Gasteiger charge is 2.31. The van der Waals surface area contributed by atoms with Crippen LogP contribution >= 0.6 is 0 Å². The molecule has 5 nitrogen and oxygen atoms in total. The van der Waals surface area contributed by atoms with Gasteiger partial charge in [0.05, 0.1) is 18.6 Å². The Kier molecular flexibility index (Phi) is 2.73. The zero-order valence-corrected chi connectivity index (χ0v) is 8.77. The van der Waals surface area contributed by atoms with Crippen molar-refractivity contribution in [1.82, 2.24) is 9.55 Å². The van der Waals surface area contributed by atoms with Crippen LogP contribution in [0.3, 0.4) is 0 Å². The molecule has 1 amide bonds. The standard InChI is InChI=1S/C10H15N3O2/c1-15-5-4-13-6-12-8(10(11)14)9(13)7-2-3-7/h6-7H,2-5H2,1H3,(H2,11,14). The minimum atomic E-state index is -0.437. The van der Waals surface area contributed by atoms with Crippen molar-refractivity contribution in [2.24, 2.45) is 5.73 Å². The van der Waals surface area contributed by atoms with Crippen molar-refractivity contribution in [1.29, 1.82) is 0 Å². The van der Waals surface area contributed by atoms with Gasteiger partial charge in [0.15, 0.2) is 0 Å². The monoisotopic (exact) mass is 209 g/mol. The van der Waals surface area contributed by atoms with Gasteiger partial charge >= 0.3 is 0 Å². The largest absolute Gasteiger partial charge is 0.383 e. The molecule has 15 heavy (non-hydrogen) atoms. The first-order valence-corrected chi connectivity index (χ1v) is 5.07. The quantitative estimate of drug-likeness (QED) is 0.768. The van der Waals surface area contributed by atoms with E-state index in [1.807, 2.05) is 4.57 Å². The summed E-state index contributed by atoms with van der Waals surface area (Å²) in [5.41, 5.74) is 6.69. The number of carbonyl (C=O) groups is 1. The molecule has 1 aliphatic rings. The lowest BCUT2D eigenvalue weighted by Gasteiger charge is -2.07. The summed E-state index contributed by atoms with van der Waals surface area (Å²) in [6, 6.07) is 0. The third kappa shape index (κ3) is 2.02. The van der Waals surface area contributed by atoms with Gasteiger partial charge in [0.25, 0.3) is 5.91 Å². The Bertz CT molecular complexity index is 369. The average molecular weight is 209 g/mol. The van der Waals surface area contributed by atoms with E-state index in [9.17, 15) is 4.79 Å². The first-order chi connectivity index (χ1) is 7.24. The number of amides is 1. The van der Waals surface area contributed by atoms with E-state index in [0.717, 1.165) is 25.1 Å². The van der Waals surface area contributed by atoms with Gasteiger partial charge in [0, 0.05) is 19.6 Å². The molecule has 0 aliphatic heterocycles. The van der Waals surface area contributed by atoms with E-state index in [1.54, 1.807) is 13.4 Å². The number of ether oxygens (including phenoxy) is 1. The topological polar surface area (TPSA) is 70.1 Å². The van der Waals surface area contributed by atoms with Crippen LogP contribution in [-0.4, -0.2) is 29.2 Å². The molecule has 1 heterocycles. The molecule has 5 heteroatoms. The van der Waals surface area contributed by atoms with Gasteiger partial charge in [-0.15, -0.1) is 0 Å². The molecule has 0 aromatic carbocycles. The van der Waals surface area contributed by atoms with Crippen LogP contribution in [0, 0.1) is 0 Å². The van der Waals surface area contributed by atoms with E-state index >= 15 is 0 Å². The number of hydrogen-bond acceptors (Lipinski definition) is 3. The number of methoxy groups -OCH3 is 1. The van der Waals surface area contributed by atoms with E-state index < -0.39 is 5.91 Å². The lowest BCUT2D eigenvalue weighted by molar-refractivity contribution is 0.0994. The van der Waals surface area contributed by atoms with Crippen molar-refractivity contribution < 1.29 is 9.53 Å². The summed E-state index contributed by atoms with van der Waals surface area (Å²) in [5.74, 6) is 0.0277. The molecule has 82 valence electrons. The van der Waals surface area contributed by atoms with Crippen LogP contribution in [0.2, 0.25) is 0 Å². The van der Waals surface area contributed by atoms with Crippen molar-refractivity contribution >= 4 is 5.91 Å². The van der Waals surface area contributed by atoms with E-state index in [0.29, 0.717) is 18.2 Å². The number of nitrogens with two attached hydrogens (primary N) is 1. The number of aromatic nitrogens is 2. The lowest BCUT2D eigenvalue weighted by atomic mass is 10.2. The van der Waals surface area contributed by atoms with Gasteiger partial charge in [-0.25, -0.2) is 4.98 Å². The fourth-order valence-corrected chi connectivity index (χ4v) is 1.73. The predicted octanol–water partition coefficient (Wildman–Crippen LogP) is 0.506. The van der Waals surface area contributed by atoms with Crippen molar-refractivity contribution in [2.45, 2.75) is 25.3 Å². The highest BCUT2D eigenvalue weighted by Crippen LogP contribution is 2.41. The Morgan fingerprint density at radius 1 is 1.73 bits per heavy atom. The Morgan fingerprint density at radius 2 is 2.47 bits per heavy atom. The molecular formula is C10H15N3O2. The van der Waals surface area contributed by atoms with Gasteiger partial charge in [0.2, 0.25) is 0 Å². The minimum Gasteiger partial charge on any atom is -0.383 e. The fraction of sp³-hybridized carbons (Fsp3) is 0.600. The van der Waals surface area contributed by atoms with Crippen molar-refractivity contribution in [3.63, 3.8) is 0 Å². The normalized spacial score (nSPS) is 15.5. The Morgan fingerprint density at radius 3 is 3.00 bits per heavy atom. The summed E-state index contributed by atoms with van der Waals surface area (Å²) < 4.78 is 6.98. The van der Waals surface area contributed by atoms with E-state index in [-0.39, 0.29) is 0 Å². The first-order valence-electron chi connectivity index (χ1n) is 5.07. The van der Waals surface area contributed by atoms with E-state index in [4.69, 9.17) is 10.5 Å². The SMILES string of the molecule is COCCn1cnc(C(N)=O)c1C1CC1. The van der Waals surface area contributed by atoms with Gasteiger partial charge in [-0.1, -0.05) is 0 Å². The maximum Gasteiger partial charge on any atom is 0.269 e. The van der Waals surface area contributed by atoms with Crippen LogP contribution in [-0.2, 0) is 11.3 Å². The summed E-state index contributed by atoms with van der Waals surface area (Å²) >= 11 is 0. The zero-order valence-electron chi connectivity index (χ0n) is 8.77. The molecule has 0 bridgehead atoms. The van der Waals surface area contributed by atoms with Gasteiger partial charge in [-0.05, 0) is 12.8 Å². The first kappa shape index (κ1) is 10.2. The molecule has 0 radical (unpaired) electrons. The van der Waals surface area contributed by atoms with Crippen molar-refractivity contribution in [3.8, 4) is 0 Å². The van der Waals surface area contributed by atoms with Gasteiger partial charge < -0.3 is 15.0 Å². The number of rotatable bonds is 5. The Balaban J connectivity index is 2.25. The highest BCUT2D eigenvalue weighted by atomic mass is 16.5. The number of carbonyl (C=O) groups excluding carboxylic acids is 1. The average Bonchev–Trinajstić information content (AvgIpc) is 2.95. The van der Waals surface area contributed by atoms with Crippen LogP contribution in [0.4, 0.5) is 0 Å². The third-order valence-corrected chi connectivity index (χ3v) is 2.61. The second kappa shape index (κ2) is 4.02. The van der Waals surface area contributed by atoms with Crippen LogP contribution in [0.1, 0.15) is 34.9 Å². The summed E-state index contributed by atoms with van der Waals surface area (Å²) in [6.07, 6.45) is 3.92. The Labute approximate surface area is 88.2 Å². The van der Waals surface area contributed by atoms with E-state index in [1.165, 1.54) is 0 Å². The molecule has 1 fully saturated rings. The summed E-state index contributed by atoms with van der Waals surface area (Å²) in [7, 11) is 1.66. The predicted molar refractivity (Wildman–Crippen MR) is 54.6 cm³/mol. The summed E-state index contributed by atoms with van der Waals surface area (Å²) in [4.78, 5) is 15.2. The maximum absolute atomic E-state index is 11.2. The number of imidazole rings is 1. The smallest absolute Gasteiger partial charge is 0.269 e. The molecule has 1 aliphatic carbocycles. The number of nitrogens with zero attached hydrogens (tertiary/aromatic N) is 2. The maximum atomic E-state index is 11.2. The molecular weight excluding hydrogens is 194 g/mol. The van der Waals surface area contributed by atoms with Crippen LogP contribution < -0.4 is 5.73 Å². The molecule has 1 aromatic rings. The van der Waals surface area contributed by atoms with Crippen LogP contribution in [0.5, 0.6) is 0 Å². The Hall–Kier alpha value is -1.36. The van der Waals surface area contributed by atoms with Crippen molar-refractivity contribution in [2.75, 3.05) is 13.7 Å². The van der Waals surface area contributed by atoms with Gasteiger partial charge in [0.1, 0.15) is 5.69 Å². The van der Waals surface area contributed by atoms with Crippen LogP contribution in [0.15, 0.2) is 6.33 Å². The van der Waals surface area contributed by atoms with Gasteiger partial charge in [-0.2, -0.15) is 0 Å². The molecule has 1 aromatic heterocycles. The molecule has 0 spiro atoms. The summed E-state index contributed by atoms with van der Waals surface area (Å²) in [6.45, 7) is 1.34. The molecule has 0 unspecified atom stereocenters. The van der Waals surface area contributed by atoms with Gasteiger partial charge in [-0.3, -0.25) is 4.79 Å². The molecule has 2 N–H and O–H groups in total. The second-order valence-corrected chi connectivity index (χ2v) is 3.80. The lowest BCUT2D eigenvalue weighted by Crippen LogP contribution is -2.15. The molecule has 2 rings (SSSR count). The summed E-state index contributed by atoms with van der Waals surface area (Å²) in [5, 5.41) is 0. The van der Waals surface area contributed by atoms with Crippen LogP contribution in [0.25, 0.3) is 0 Å². The number of hydrogen-bond donors (Lipinski definition) is 1. The molecule has 1 saturated carbocycles. The second-order valence-electron chi connectivity index (χ2n) is 3.80. The van der Waals surface area contributed by atoms with E-state index in [2.05, 4.69) is 4.98 Å². The molecule has 0 atom stereocenters. The third-order valence-electron chi connectivity index (χ3n) is 2.61. The highest BCUT2D eigenvalue weighted by molar-refractivity contribution is 5.92. The minimum absolute atomic E-state index is 0.425. The fourth-order valence-electron chi connectivity index (χ4n) is 1.73. The zero-order chi connectivity index (χ0) is 10.8.